The quantitative estimate of drug-likeness (QED) is 0.488. The summed E-state index contributed by atoms with van der Waals surface area (Å²) in [5, 5.41) is 9.76. The van der Waals surface area contributed by atoms with Gasteiger partial charge >= 0.3 is 0 Å². The number of hydrogen-bond acceptors (Lipinski definition) is 3. The monoisotopic (exact) mass is 367 g/mol. The first-order chi connectivity index (χ1) is 13.7. The lowest BCUT2D eigenvalue weighted by Crippen LogP contribution is -2.02. The minimum absolute atomic E-state index is 0.223. The van der Waals surface area contributed by atoms with Crippen molar-refractivity contribution < 1.29 is 9.18 Å². The average molecular weight is 367 g/mol. The van der Waals surface area contributed by atoms with Crippen LogP contribution in [0.5, 0.6) is 0 Å². The summed E-state index contributed by atoms with van der Waals surface area (Å²) in [5.74, 6) is -0.713. The van der Waals surface area contributed by atoms with Gasteiger partial charge in [-0.3, -0.25) is 4.79 Å². The zero-order valence-corrected chi connectivity index (χ0v) is 14.7. The molecule has 1 heterocycles. The van der Waals surface area contributed by atoms with Crippen LogP contribution in [0.2, 0.25) is 0 Å². The van der Waals surface area contributed by atoms with Gasteiger partial charge in [-0.05, 0) is 35.9 Å². The molecule has 0 fully saturated rings. The van der Waals surface area contributed by atoms with E-state index in [4.69, 9.17) is 0 Å². The summed E-state index contributed by atoms with van der Waals surface area (Å²) >= 11 is 0. The highest BCUT2D eigenvalue weighted by Gasteiger charge is 2.16. The smallest absolute Gasteiger partial charge is 0.212 e. The zero-order chi connectivity index (χ0) is 19.5. The number of nitrogens with zero attached hydrogens (tertiary/aromatic N) is 3. The Hall–Kier alpha value is -4.04. The lowest BCUT2D eigenvalue weighted by Gasteiger charge is -2.10. The Labute approximate surface area is 161 Å². The van der Waals surface area contributed by atoms with E-state index in [2.05, 4.69) is 11.1 Å². The maximum absolute atomic E-state index is 13.1. The number of nitriles is 1. The van der Waals surface area contributed by atoms with Crippen molar-refractivity contribution in [3.8, 4) is 22.9 Å². The Morgan fingerprint density at radius 2 is 1.71 bits per heavy atom. The number of benzene rings is 3. The molecule has 0 atom stereocenters. The summed E-state index contributed by atoms with van der Waals surface area (Å²) in [6.45, 7) is 0. The van der Waals surface area contributed by atoms with Crippen molar-refractivity contribution >= 4 is 5.78 Å². The number of aromatic nitrogens is 2. The summed E-state index contributed by atoms with van der Waals surface area (Å²) < 4.78 is 14.7. The van der Waals surface area contributed by atoms with Crippen molar-refractivity contribution in [3.63, 3.8) is 0 Å². The molecule has 134 valence electrons. The fraction of sp³-hybridized carbons (Fsp3) is 0. The second kappa shape index (κ2) is 7.29. The van der Waals surface area contributed by atoms with E-state index in [-0.39, 0.29) is 11.5 Å². The number of hydrogen-bond donors (Lipinski definition) is 0. The Morgan fingerprint density at radius 1 is 0.964 bits per heavy atom. The van der Waals surface area contributed by atoms with E-state index in [1.807, 2.05) is 42.5 Å². The van der Waals surface area contributed by atoms with Crippen LogP contribution >= 0.6 is 0 Å². The van der Waals surface area contributed by atoms with Gasteiger partial charge in [0, 0.05) is 17.3 Å². The SMILES string of the molecule is N#Cc1c(-c2ccccc2)cccc1-n1cnc(C(=O)c2ccc(F)cc2)c1. The van der Waals surface area contributed by atoms with Crippen LogP contribution in [-0.4, -0.2) is 15.3 Å². The molecule has 0 bridgehead atoms. The fourth-order valence-electron chi connectivity index (χ4n) is 3.05. The molecule has 0 aliphatic heterocycles. The maximum atomic E-state index is 13.1. The van der Waals surface area contributed by atoms with Crippen molar-refractivity contribution in [2.24, 2.45) is 0 Å². The van der Waals surface area contributed by atoms with Crippen molar-refractivity contribution in [1.29, 1.82) is 5.26 Å². The van der Waals surface area contributed by atoms with Crippen LogP contribution in [0.3, 0.4) is 0 Å². The molecule has 0 amide bonds. The van der Waals surface area contributed by atoms with Crippen molar-refractivity contribution in [3.05, 3.63) is 108 Å². The van der Waals surface area contributed by atoms with Crippen LogP contribution in [0.15, 0.2) is 85.3 Å². The Kier molecular flexibility index (Phi) is 4.53. The minimum Gasteiger partial charge on any atom is -0.304 e. The normalized spacial score (nSPS) is 10.4. The van der Waals surface area contributed by atoms with Crippen LogP contribution in [0, 0.1) is 17.1 Å². The second-order valence-corrected chi connectivity index (χ2v) is 6.18. The van der Waals surface area contributed by atoms with Crippen molar-refractivity contribution in [1.82, 2.24) is 9.55 Å². The molecule has 0 N–H and O–H groups in total. The molecule has 0 aliphatic carbocycles. The van der Waals surface area contributed by atoms with Gasteiger partial charge in [0.05, 0.1) is 11.3 Å². The third-order valence-electron chi connectivity index (χ3n) is 4.44. The van der Waals surface area contributed by atoms with Crippen LogP contribution in [0.4, 0.5) is 4.39 Å². The molecule has 0 saturated carbocycles. The van der Waals surface area contributed by atoms with E-state index >= 15 is 0 Å². The van der Waals surface area contributed by atoms with E-state index < -0.39 is 5.82 Å². The highest BCUT2D eigenvalue weighted by atomic mass is 19.1. The van der Waals surface area contributed by atoms with E-state index in [1.54, 1.807) is 16.8 Å². The highest BCUT2D eigenvalue weighted by molar-refractivity contribution is 6.07. The Bertz CT molecular complexity index is 1190. The third-order valence-corrected chi connectivity index (χ3v) is 4.44. The molecule has 0 radical (unpaired) electrons. The van der Waals surface area contributed by atoms with Gasteiger partial charge in [0.25, 0.3) is 0 Å². The zero-order valence-electron chi connectivity index (χ0n) is 14.7. The van der Waals surface area contributed by atoms with Gasteiger partial charge in [-0.2, -0.15) is 5.26 Å². The molecular weight excluding hydrogens is 353 g/mol. The average Bonchev–Trinajstić information content (AvgIpc) is 3.24. The van der Waals surface area contributed by atoms with Gasteiger partial charge in [-0.1, -0.05) is 42.5 Å². The van der Waals surface area contributed by atoms with E-state index in [9.17, 15) is 14.4 Å². The minimum atomic E-state index is -0.404. The topological polar surface area (TPSA) is 58.7 Å². The molecule has 28 heavy (non-hydrogen) atoms. The van der Waals surface area contributed by atoms with Crippen LogP contribution in [-0.2, 0) is 0 Å². The largest absolute Gasteiger partial charge is 0.304 e. The van der Waals surface area contributed by atoms with Gasteiger partial charge in [-0.15, -0.1) is 0 Å². The summed E-state index contributed by atoms with van der Waals surface area (Å²) in [4.78, 5) is 16.8. The molecule has 4 aromatic rings. The summed E-state index contributed by atoms with van der Waals surface area (Å²) in [6, 6.07) is 22.8. The van der Waals surface area contributed by atoms with Crippen LogP contribution in [0.1, 0.15) is 21.6 Å². The molecule has 4 rings (SSSR count). The van der Waals surface area contributed by atoms with Crippen molar-refractivity contribution in [2.75, 3.05) is 0 Å². The summed E-state index contributed by atoms with van der Waals surface area (Å²) in [7, 11) is 0. The number of rotatable bonds is 4. The molecule has 5 heteroatoms. The predicted octanol–water partition coefficient (Wildman–Crippen LogP) is 4.78. The maximum Gasteiger partial charge on any atom is 0.212 e. The molecule has 0 spiro atoms. The highest BCUT2D eigenvalue weighted by Crippen LogP contribution is 2.28. The Morgan fingerprint density at radius 3 is 2.43 bits per heavy atom. The van der Waals surface area contributed by atoms with Gasteiger partial charge in [-0.25, -0.2) is 9.37 Å². The molecule has 0 saturated heterocycles. The van der Waals surface area contributed by atoms with Gasteiger partial charge in [0.2, 0.25) is 5.78 Å². The van der Waals surface area contributed by atoms with E-state index in [0.29, 0.717) is 16.8 Å². The van der Waals surface area contributed by atoms with Crippen LogP contribution in [0.25, 0.3) is 16.8 Å². The molecule has 3 aromatic carbocycles. The number of ketones is 1. The molecule has 4 nitrogen and oxygen atoms in total. The first kappa shape index (κ1) is 17.4. The molecule has 0 aliphatic rings. The van der Waals surface area contributed by atoms with E-state index in [1.165, 1.54) is 30.6 Å². The molecular formula is C23H14FN3O. The summed E-state index contributed by atoms with van der Waals surface area (Å²) in [6.07, 6.45) is 3.08. The number of halogens is 1. The third kappa shape index (κ3) is 3.19. The molecule has 1 aromatic heterocycles. The number of carbonyl (C=O) groups is 1. The fourth-order valence-corrected chi connectivity index (χ4v) is 3.05. The standard InChI is InChI=1S/C23H14FN3O/c24-18-11-9-17(10-12-18)23(28)21-14-27(15-26-21)22-8-4-7-19(20(22)13-25)16-5-2-1-3-6-16/h1-12,14-15H. The Balaban J connectivity index is 1.74. The first-order valence-electron chi connectivity index (χ1n) is 8.60. The molecule has 0 unspecified atom stereocenters. The predicted molar refractivity (Wildman–Crippen MR) is 104 cm³/mol. The van der Waals surface area contributed by atoms with Gasteiger partial charge in [0.1, 0.15) is 23.9 Å². The summed E-state index contributed by atoms with van der Waals surface area (Å²) in [5.41, 5.74) is 3.44. The van der Waals surface area contributed by atoms with Crippen LogP contribution < -0.4 is 0 Å². The number of carbonyl (C=O) groups excluding carboxylic acids is 1. The lowest BCUT2D eigenvalue weighted by molar-refractivity contribution is 0.103. The second-order valence-electron chi connectivity index (χ2n) is 6.18. The number of imidazole rings is 1. The van der Waals surface area contributed by atoms with Gasteiger partial charge in [0.15, 0.2) is 0 Å². The van der Waals surface area contributed by atoms with E-state index in [0.717, 1.165) is 11.1 Å². The van der Waals surface area contributed by atoms with Crippen molar-refractivity contribution in [2.45, 2.75) is 0 Å². The van der Waals surface area contributed by atoms with Gasteiger partial charge < -0.3 is 4.57 Å². The first-order valence-corrected chi connectivity index (χ1v) is 8.60. The lowest BCUT2D eigenvalue weighted by atomic mass is 9.99.